The fourth-order valence-corrected chi connectivity index (χ4v) is 8.34. The number of esters is 1. The largest absolute Gasteiger partial charge is 0.462 e. The van der Waals surface area contributed by atoms with Gasteiger partial charge in [-0.05, 0) is 41.5 Å². The van der Waals surface area contributed by atoms with Gasteiger partial charge in [0.2, 0.25) is 11.8 Å². The molecular formula is C39H53N5O10S. The van der Waals surface area contributed by atoms with Gasteiger partial charge in [-0.3, -0.25) is 9.59 Å². The van der Waals surface area contributed by atoms with Crippen molar-refractivity contribution in [2.75, 3.05) is 78.2 Å². The van der Waals surface area contributed by atoms with Gasteiger partial charge in [0, 0.05) is 49.4 Å². The highest BCUT2D eigenvalue weighted by Crippen LogP contribution is 2.44. The van der Waals surface area contributed by atoms with Crippen molar-refractivity contribution < 1.29 is 47.7 Å². The van der Waals surface area contributed by atoms with E-state index >= 15 is 0 Å². The van der Waals surface area contributed by atoms with Crippen LogP contribution in [0.2, 0.25) is 0 Å². The molecule has 55 heavy (non-hydrogen) atoms. The summed E-state index contributed by atoms with van der Waals surface area (Å²) >= 11 is 1.87. The Morgan fingerprint density at radius 2 is 1.33 bits per heavy atom. The number of ether oxygens (including phenoxy) is 5. The molecule has 15 nitrogen and oxygen atoms in total. The third kappa shape index (κ3) is 13.7. The van der Waals surface area contributed by atoms with Gasteiger partial charge in [-0.2, -0.15) is 11.8 Å². The average Bonchev–Trinajstić information content (AvgIpc) is 3.85. The summed E-state index contributed by atoms with van der Waals surface area (Å²) in [6.45, 7) is 2.37. The Morgan fingerprint density at radius 1 is 0.691 bits per heavy atom. The van der Waals surface area contributed by atoms with E-state index in [1.807, 2.05) is 36.0 Å². The van der Waals surface area contributed by atoms with Crippen LogP contribution in [0.15, 0.2) is 48.5 Å². The number of carbonyl (C=O) groups excluding carboxylic acids is 5. The lowest BCUT2D eigenvalue weighted by molar-refractivity contribution is -0.151. The van der Waals surface area contributed by atoms with Crippen molar-refractivity contribution in [1.82, 2.24) is 26.6 Å². The second-order valence-corrected chi connectivity index (χ2v) is 14.7. The van der Waals surface area contributed by atoms with Crippen LogP contribution < -0.4 is 26.6 Å². The Balaban J connectivity index is 0.750. The van der Waals surface area contributed by atoms with Gasteiger partial charge in [0.25, 0.3) is 0 Å². The van der Waals surface area contributed by atoms with Gasteiger partial charge >= 0.3 is 18.1 Å². The Hall–Kier alpha value is -4.38. The molecule has 2 saturated heterocycles. The highest BCUT2D eigenvalue weighted by atomic mass is 32.2. The zero-order valence-electron chi connectivity index (χ0n) is 31.1. The first-order valence-electron chi connectivity index (χ1n) is 19.1. The van der Waals surface area contributed by atoms with Crippen LogP contribution in [0, 0.1) is 0 Å². The number of unbranched alkanes of at least 4 members (excludes halogenated alkanes) is 1. The Kier molecular flexibility index (Phi) is 17.4. The van der Waals surface area contributed by atoms with Crippen molar-refractivity contribution in [3.05, 3.63) is 59.7 Å². The number of thioether (sulfide) groups is 1. The monoisotopic (exact) mass is 783 g/mol. The van der Waals surface area contributed by atoms with E-state index in [-0.39, 0.29) is 88.5 Å². The van der Waals surface area contributed by atoms with Gasteiger partial charge in [-0.25, -0.2) is 14.4 Å². The molecule has 5 N–H and O–H groups in total. The van der Waals surface area contributed by atoms with Gasteiger partial charge in [-0.1, -0.05) is 55.0 Å². The Labute approximate surface area is 326 Å². The lowest BCUT2D eigenvalue weighted by Crippen LogP contribution is -2.36. The smallest absolute Gasteiger partial charge is 0.407 e. The number of benzene rings is 2. The van der Waals surface area contributed by atoms with E-state index in [0.717, 1.165) is 36.1 Å². The van der Waals surface area contributed by atoms with Gasteiger partial charge < -0.3 is 50.3 Å². The number of amides is 5. The summed E-state index contributed by atoms with van der Waals surface area (Å²) in [5, 5.41) is 14.6. The van der Waals surface area contributed by atoms with Crippen LogP contribution in [-0.2, 0) is 38.1 Å². The molecule has 0 aromatic heterocycles. The fraction of sp³-hybridized carbons (Fsp3) is 0.564. The van der Waals surface area contributed by atoms with Gasteiger partial charge in [0.1, 0.15) is 19.8 Å². The van der Waals surface area contributed by atoms with Crippen LogP contribution in [0.25, 0.3) is 11.1 Å². The average molecular weight is 784 g/mol. The number of fused-ring (bicyclic) bond motifs is 4. The predicted octanol–water partition coefficient (Wildman–Crippen LogP) is 2.86. The molecule has 0 radical (unpaired) electrons. The summed E-state index contributed by atoms with van der Waals surface area (Å²) in [7, 11) is 0. The Morgan fingerprint density at radius 3 is 2.04 bits per heavy atom. The molecule has 0 unspecified atom stereocenters. The van der Waals surface area contributed by atoms with Crippen molar-refractivity contribution in [1.29, 1.82) is 0 Å². The molecule has 5 rings (SSSR count). The first kappa shape index (κ1) is 41.8. The number of rotatable bonds is 25. The number of hydrogen-bond acceptors (Lipinski definition) is 11. The molecular weight excluding hydrogens is 731 g/mol. The van der Waals surface area contributed by atoms with Crippen LogP contribution in [-0.4, -0.2) is 125 Å². The molecule has 2 fully saturated rings. The van der Waals surface area contributed by atoms with Gasteiger partial charge in [0.05, 0.1) is 45.1 Å². The molecule has 3 aliphatic rings. The maximum Gasteiger partial charge on any atom is 0.407 e. The minimum absolute atomic E-state index is 0.00840. The minimum Gasteiger partial charge on any atom is -0.462 e. The quantitative estimate of drug-likeness (QED) is 0.0566. The first-order chi connectivity index (χ1) is 26.9. The highest BCUT2D eigenvalue weighted by molar-refractivity contribution is 8.00. The topological polar surface area (TPSA) is 192 Å². The predicted molar refractivity (Wildman–Crippen MR) is 206 cm³/mol. The summed E-state index contributed by atoms with van der Waals surface area (Å²) in [5.74, 6) is 0.233. The van der Waals surface area contributed by atoms with E-state index in [4.69, 9.17) is 23.7 Å². The lowest BCUT2D eigenvalue weighted by Gasteiger charge is -2.16. The van der Waals surface area contributed by atoms with Gasteiger partial charge in [-0.15, -0.1) is 0 Å². The molecule has 0 saturated carbocycles. The van der Waals surface area contributed by atoms with Crippen molar-refractivity contribution in [2.45, 2.75) is 61.8 Å². The molecule has 2 aromatic carbocycles. The highest BCUT2D eigenvalue weighted by Gasteiger charge is 2.42. The van der Waals surface area contributed by atoms with Crippen LogP contribution in [0.5, 0.6) is 0 Å². The fourth-order valence-electron chi connectivity index (χ4n) is 6.80. The van der Waals surface area contributed by atoms with E-state index < -0.39 is 12.1 Å². The summed E-state index contributed by atoms with van der Waals surface area (Å²) in [4.78, 5) is 59.8. The van der Waals surface area contributed by atoms with Crippen molar-refractivity contribution >= 4 is 41.7 Å². The van der Waals surface area contributed by atoms with Crippen molar-refractivity contribution in [3.63, 3.8) is 0 Å². The molecule has 2 aliphatic heterocycles. The number of alkyl carbamates (subject to hydrolysis) is 1. The van der Waals surface area contributed by atoms with E-state index in [1.165, 1.54) is 11.1 Å². The summed E-state index contributed by atoms with van der Waals surface area (Å²) in [6, 6.07) is 16.6. The minimum atomic E-state index is -0.518. The summed E-state index contributed by atoms with van der Waals surface area (Å²) in [5.41, 5.74) is 4.64. The third-order valence-corrected chi connectivity index (χ3v) is 11.0. The van der Waals surface area contributed by atoms with E-state index in [2.05, 4.69) is 50.8 Å². The van der Waals surface area contributed by atoms with Crippen LogP contribution in [0.1, 0.15) is 55.6 Å². The first-order valence-corrected chi connectivity index (χ1v) is 20.1. The molecule has 2 aromatic rings. The van der Waals surface area contributed by atoms with Crippen molar-refractivity contribution in [2.24, 2.45) is 0 Å². The second kappa shape index (κ2) is 22.9. The van der Waals surface area contributed by atoms with E-state index in [1.54, 1.807) is 0 Å². The molecule has 3 atom stereocenters. The van der Waals surface area contributed by atoms with Crippen LogP contribution >= 0.6 is 11.8 Å². The standard InChI is InChI=1S/C39H53N5O10S/c45-34(13-6-5-12-33-37-32(26-55-33)43-38(48)44-37)40-17-19-51-22-23-53-36(47)25-52-21-20-50-18-16-41-35(46)14-7-15-42-39(49)54-24-31-29-10-3-1-8-27(29)28-9-2-4-11-30(28)31/h1-4,8-11,31-33,37H,5-7,12-26H2,(H,40,45)(H,41,46)(H,42,49)(H2,43,44,48)/t32-,33-,37-/m0/s1. The number of carbonyl (C=O) groups is 5. The molecule has 0 bridgehead atoms. The number of hydrogen-bond donors (Lipinski definition) is 5. The maximum atomic E-state index is 12.3. The zero-order chi connectivity index (χ0) is 38.7. The third-order valence-electron chi connectivity index (χ3n) is 9.49. The second-order valence-electron chi connectivity index (χ2n) is 13.4. The normalized spacial score (nSPS) is 18.0. The maximum absolute atomic E-state index is 12.3. The lowest BCUT2D eigenvalue weighted by atomic mass is 9.98. The number of urea groups is 1. The molecule has 2 heterocycles. The van der Waals surface area contributed by atoms with E-state index in [9.17, 15) is 24.0 Å². The summed E-state index contributed by atoms with van der Waals surface area (Å²) in [6.07, 6.45) is 3.35. The van der Waals surface area contributed by atoms with Crippen molar-refractivity contribution in [3.8, 4) is 11.1 Å². The Bertz CT molecular complexity index is 1540. The number of nitrogens with one attached hydrogen (secondary N) is 5. The summed E-state index contributed by atoms with van der Waals surface area (Å²) < 4.78 is 26.7. The van der Waals surface area contributed by atoms with E-state index in [0.29, 0.717) is 44.3 Å². The molecule has 0 spiro atoms. The molecule has 16 heteroatoms. The zero-order valence-corrected chi connectivity index (χ0v) is 32.0. The van der Waals surface area contributed by atoms with Crippen LogP contribution in [0.3, 0.4) is 0 Å². The molecule has 1 aliphatic carbocycles. The SMILES string of the molecule is O=C(CCCNC(=O)OCC1c2ccccc2-c2ccccc21)NCCOCCOCC(=O)OCCOCCNC(=O)CCCC[C@@H]1SC[C@@H]2NC(=O)N[C@@H]21. The molecule has 300 valence electrons. The molecule has 5 amide bonds. The van der Waals surface area contributed by atoms with Gasteiger partial charge in [0.15, 0.2) is 0 Å². The van der Waals surface area contributed by atoms with Crippen LogP contribution in [0.4, 0.5) is 9.59 Å².